The minimum absolute atomic E-state index is 0.137. The lowest BCUT2D eigenvalue weighted by Gasteiger charge is -2.22. The molecule has 0 aromatic heterocycles. The summed E-state index contributed by atoms with van der Waals surface area (Å²) in [5.74, 6) is -0.729. The first-order chi connectivity index (χ1) is 4.98. The Labute approximate surface area is 67.8 Å². The fraction of sp³-hybridized carbons (Fsp3) is 0.875. The van der Waals surface area contributed by atoms with Crippen LogP contribution in [0.2, 0.25) is 0 Å². The molecule has 0 spiro atoms. The molecule has 0 saturated carbocycles. The molecule has 0 fully saturated rings. The number of rotatable bonds is 5. The third kappa shape index (κ3) is 5.85. The van der Waals surface area contributed by atoms with Gasteiger partial charge in [-0.25, -0.2) is 0 Å². The van der Waals surface area contributed by atoms with E-state index in [1.165, 1.54) is 0 Å². The van der Waals surface area contributed by atoms with Gasteiger partial charge in [0.25, 0.3) is 0 Å². The Morgan fingerprint density at radius 2 is 2.09 bits per heavy atom. The van der Waals surface area contributed by atoms with Crippen molar-refractivity contribution in [2.24, 2.45) is 5.41 Å². The predicted octanol–water partition coefficient (Wildman–Crippen LogP) is 1.10. The molecule has 0 aliphatic rings. The summed E-state index contributed by atoms with van der Waals surface area (Å²) in [6.45, 7) is 7.56. The van der Waals surface area contributed by atoms with Gasteiger partial charge in [0.1, 0.15) is 0 Å². The summed E-state index contributed by atoms with van der Waals surface area (Å²) < 4.78 is 0. The van der Waals surface area contributed by atoms with Gasteiger partial charge in [0, 0.05) is 6.54 Å². The minimum Gasteiger partial charge on any atom is -0.481 e. The Kier molecular flexibility index (Phi) is 4.11. The maximum Gasteiger partial charge on any atom is 0.303 e. The predicted molar refractivity (Wildman–Crippen MR) is 44.6 cm³/mol. The van der Waals surface area contributed by atoms with E-state index in [0.29, 0.717) is 0 Å². The van der Waals surface area contributed by atoms with Crippen molar-refractivity contribution >= 4 is 5.97 Å². The molecule has 0 bridgehead atoms. The second-order valence-corrected chi connectivity index (χ2v) is 3.52. The van der Waals surface area contributed by atoms with Gasteiger partial charge < -0.3 is 10.4 Å². The summed E-state index contributed by atoms with van der Waals surface area (Å²) >= 11 is 0. The van der Waals surface area contributed by atoms with Crippen LogP contribution in [0.5, 0.6) is 0 Å². The zero-order chi connectivity index (χ0) is 8.91. The normalized spacial score (nSPS) is 11.5. The van der Waals surface area contributed by atoms with Crippen LogP contribution >= 0.6 is 0 Å². The maximum absolute atomic E-state index is 10.4. The van der Waals surface area contributed by atoms with Gasteiger partial charge in [0.2, 0.25) is 0 Å². The molecular weight excluding hydrogens is 142 g/mol. The van der Waals surface area contributed by atoms with Crippen LogP contribution in [0.15, 0.2) is 0 Å². The van der Waals surface area contributed by atoms with Gasteiger partial charge in [0.15, 0.2) is 0 Å². The maximum atomic E-state index is 10.4. The van der Waals surface area contributed by atoms with E-state index >= 15 is 0 Å². The molecule has 11 heavy (non-hydrogen) atoms. The van der Waals surface area contributed by atoms with Crippen molar-refractivity contribution in [3.8, 4) is 0 Å². The van der Waals surface area contributed by atoms with Gasteiger partial charge in [-0.3, -0.25) is 4.79 Å². The minimum atomic E-state index is -0.729. The van der Waals surface area contributed by atoms with Crippen LogP contribution in [0.4, 0.5) is 0 Å². The van der Waals surface area contributed by atoms with Gasteiger partial charge in [0.05, 0.1) is 6.42 Å². The molecule has 0 saturated heterocycles. The number of hydrogen-bond donors (Lipinski definition) is 2. The van der Waals surface area contributed by atoms with Crippen LogP contribution in [-0.2, 0) is 4.79 Å². The average molecular weight is 159 g/mol. The molecule has 0 aliphatic carbocycles. The molecule has 3 nitrogen and oxygen atoms in total. The first kappa shape index (κ1) is 10.4. The van der Waals surface area contributed by atoms with E-state index in [0.717, 1.165) is 13.1 Å². The second-order valence-electron chi connectivity index (χ2n) is 3.52. The Morgan fingerprint density at radius 1 is 1.55 bits per heavy atom. The van der Waals surface area contributed by atoms with Gasteiger partial charge in [-0.1, -0.05) is 20.8 Å². The van der Waals surface area contributed by atoms with E-state index in [4.69, 9.17) is 5.11 Å². The Balaban J connectivity index is 3.70. The van der Waals surface area contributed by atoms with E-state index in [-0.39, 0.29) is 11.8 Å². The molecule has 0 rings (SSSR count). The fourth-order valence-electron chi connectivity index (χ4n) is 0.935. The molecule has 0 aliphatic heterocycles. The lowest BCUT2D eigenvalue weighted by molar-refractivity contribution is -0.139. The molecule has 3 heteroatoms. The van der Waals surface area contributed by atoms with Crippen LogP contribution in [0.3, 0.4) is 0 Å². The molecule has 0 unspecified atom stereocenters. The summed E-state index contributed by atoms with van der Waals surface area (Å²) in [4.78, 5) is 10.4. The smallest absolute Gasteiger partial charge is 0.303 e. The van der Waals surface area contributed by atoms with Gasteiger partial charge in [-0.05, 0) is 12.0 Å². The number of nitrogens with one attached hydrogen (secondary N) is 1. The van der Waals surface area contributed by atoms with Crippen LogP contribution in [0, 0.1) is 5.41 Å². The number of carboxylic acid groups (broad SMARTS) is 1. The topological polar surface area (TPSA) is 49.3 Å². The summed E-state index contributed by atoms with van der Waals surface area (Å²) in [7, 11) is 0. The molecule has 0 aromatic rings. The van der Waals surface area contributed by atoms with Crippen molar-refractivity contribution in [1.82, 2.24) is 5.32 Å². The van der Waals surface area contributed by atoms with E-state index in [1.54, 1.807) is 0 Å². The SMILES string of the molecule is CCNCC(C)(C)CC(=O)O. The molecule has 2 N–H and O–H groups in total. The molecular formula is C8H17NO2. The first-order valence-corrected chi connectivity index (χ1v) is 3.90. The van der Waals surface area contributed by atoms with Gasteiger partial charge in [-0.2, -0.15) is 0 Å². The average Bonchev–Trinajstić information content (AvgIpc) is 1.81. The molecule has 0 radical (unpaired) electrons. The third-order valence-corrected chi connectivity index (χ3v) is 1.48. The summed E-state index contributed by atoms with van der Waals surface area (Å²) in [5.41, 5.74) is -0.137. The molecule has 0 aromatic carbocycles. The van der Waals surface area contributed by atoms with Gasteiger partial charge in [-0.15, -0.1) is 0 Å². The summed E-state index contributed by atoms with van der Waals surface area (Å²) in [5, 5.41) is 11.7. The van der Waals surface area contributed by atoms with E-state index < -0.39 is 5.97 Å². The molecule has 66 valence electrons. The van der Waals surface area contributed by atoms with E-state index in [9.17, 15) is 4.79 Å². The Bertz CT molecular complexity index is 132. The van der Waals surface area contributed by atoms with Crippen LogP contribution < -0.4 is 5.32 Å². The first-order valence-electron chi connectivity index (χ1n) is 3.90. The van der Waals surface area contributed by atoms with Crippen LogP contribution in [0.1, 0.15) is 27.2 Å². The zero-order valence-electron chi connectivity index (χ0n) is 7.48. The lowest BCUT2D eigenvalue weighted by Crippen LogP contribution is -2.31. The van der Waals surface area contributed by atoms with Crippen LogP contribution in [-0.4, -0.2) is 24.2 Å². The van der Waals surface area contributed by atoms with Crippen molar-refractivity contribution < 1.29 is 9.90 Å². The lowest BCUT2D eigenvalue weighted by atomic mass is 9.89. The summed E-state index contributed by atoms with van der Waals surface area (Å²) in [6.07, 6.45) is 0.222. The van der Waals surface area contributed by atoms with Gasteiger partial charge >= 0.3 is 5.97 Å². The number of carbonyl (C=O) groups is 1. The van der Waals surface area contributed by atoms with Crippen molar-refractivity contribution in [3.05, 3.63) is 0 Å². The fourth-order valence-corrected chi connectivity index (χ4v) is 0.935. The van der Waals surface area contributed by atoms with Crippen LogP contribution in [0.25, 0.3) is 0 Å². The quantitative estimate of drug-likeness (QED) is 0.631. The molecule has 0 atom stereocenters. The number of carboxylic acids is 1. The number of hydrogen-bond acceptors (Lipinski definition) is 2. The Morgan fingerprint density at radius 3 is 2.45 bits per heavy atom. The molecule has 0 amide bonds. The van der Waals surface area contributed by atoms with E-state index in [2.05, 4.69) is 5.32 Å². The molecule has 0 heterocycles. The van der Waals surface area contributed by atoms with Crippen molar-refractivity contribution in [3.63, 3.8) is 0 Å². The number of aliphatic carboxylic acids is 1. The van der Waals surface area contributed by atoms with E-state index in [1.807, 2.05) is 20.8 Å². The summed E-state index contributed by atoms with van der Waals surface area (Å²) in [6, 6.07) is 0. The third-order valence-electron chi connectivity index (χ3n) is 1.48. The highest BCUT2D eigenvalue weighted by molar-refractivity contribution is 5.67. The zero-order valence-corrected chi connectivity index (χ0v) is 7.48. The van der Waals surface area contributed by atoms with Crippen molar-refractivity contribution in [1.29, 1.82) is 0 Å². The monoisotopic (exact) mass is 159 g/mol. The Hall–Kier alpha value is -0.570. The highest BCUT2D eigenvalue weighted by Gasteiger charge is 2.20. The second kappa shape index (κ2) is 4.34. The highest BCUT2D eigenvalue weighted by Crippen LogP contribution is 2.18. The highest BCUT2D eigenvalue weighted by atomic mass is 16.4. The standard InChI is InChI=1S/C8H17NO2/c1-4-9-6-8(2,3)5-7(10)11/h9H,4-6H2,1-3H3,(H,10,11). The van der Waals surface area contributed by atoms with Crippen molar-refractivity contribution in [2.45, 2.75) is 27.2 Å². The van der Waals surface area contributed by atoms with Crippen molar-refractivity contribution in [2.75, 3.05) is 13.1 Å². The largest absolute Gasteiger partial charge is 0.481 e.